The number of carbonyl (C=O) groups is 1. The number of anilines is 2. The van der Waals surface area contributed by atoms with Crippen LogP contribution in [-0.2, 0) is 10.0 Å². The minimum Gasteiger partial charge on any atom is -0.335 e. The molecule has 1 aromatic rings. The molecule has 0 aliphatic carbocycles. The summed E-state index contributed by atoms with van der Waals surface area (Å²) >= 11 is 0. The number of urea groups is 1. The van der Waals surface area contributed by atoms with E-state index in [2.05, 4.69) is 17.2 Å². The third-order valence-corrected chi connectivity index (χ3v) is 4.46. The Balaban J connectivity index is 2.90. The van der Waals surface area contributed by atoms with Crippen LogP contribution in [0, 0.1) is 0 Å². The van der Waals surface area contributed by atoms with Crippen LogP contribution in [0.3, 0.4) is 0 Å². The number of hydrogen-bond acceptors (Lipinski definition) is 3. The number of nitrogens with one attached hydrogen (secondary N) is 2. The predicted molar refractivity (Wildman–Crippen MR) is 90.7 cm³/mol. The Morgan fingerprint density at radius 2 is 2.05 bits per heavy atom. The molecule has 0 saturated carbocycles. The first-order valence-electron chi connectivity index (χ1n) is 7.01. The fourth-order valence-electron chi connectivity index (χ4n) is 1.91. The van der Waals surface area contributed by atoms with E-state index in [-0.39, 0.29) is 12.1 Å². The molecule has 0 radical (unpaired) electrons. The lowest BCUT2D eigenvalue weighted by molar-refractivity contribution is 0.248. The van der Waals surface area contributed by atoms with Crippen LogP contribution in [0.4, 0.5) is 16.2 Å². The summed E-state index contributed by atoms with van der Waals surface area (Å²) in [5, 5.41) is 5.53. The van der Waals surface area contributed by atoms with Crippen LogP contribution in [0.15, 0.2) is 36.9 Å². The molecule has 2 N–H and O–H groups in total. The molecular formula is C15H23N3O3S. The van der Waals surface area contributed by atoms with E-state index in [1.54, 1.807) is 30.3 Å². The van der Waals surface area contributed by atoms with Crippen LogP contribution in [0.25, 0.3) is 0 Å². The Morgan fingerprint density at radius 3 is 2.59 bits per heavy atom. The van der Waals surface area contributed by atoms with Crippen molar-refractivity contribution in [2.45, 2.75) is 25.8 Å². The van der Waals surface area contributed by atoms with E-state index in [4.69, 9.17) is 0 Å². The van der Waals surface area contributed by atoms with E-state index in [1.165, 1.54) is 7.05 Å². The SMILES string of the molecule is C=CC[C@H](CC)NC(=O)Nc1ccccc1N(C)S(C)(=O)=O. The van der Waals surface area contributed by atoms with Crippen molar-refractivity contribution < 1.29 is 13.2 Å². The highest BCUT2D eigenvalue weighted by Gasteiger charge is 2.17. The van der Waals surface area contributed by atoms with Crippen molar-refractivity contribution in [2.75, 3.05) is 22.9 Å². The molecule has 0 aliphatic heterocycles. The number of sulfonamides is 1. The smallest absolute Gasteiger partial charge is 0.319 e. The number of benzene rings is 1. The van der Waals surface area contributed by atoms with E-state index >= 15 is 0 Å². The van der Waals surface area contributed by atoms with Crippen LogP contribution >= 0.6 is 0 Å². The molecule has 1 aromatic carbocycles. The van der Waals surface area contributed by atoms with Crippen LogP contribution in [0.5, 0.6) is 0 Å². The van der Waals surface area contributed by atoms with Crippen molar-refractivity contribution in [1.29, 1.82) is 0 Å². The average Bonchev–Trinajstić information content (AvgIpc) is 2.45. The first kappa shape index (κ1) is 18.0. The van der Waals surface area contributed by atoms with Gasteiger partial charge in [-0.2, -0.15) is 0 Å². The first-order chi connectivity index (χ1) is 10.3. The zero-order valence-corrected chi connectivity index (χ0v) is 14.0. The van der Waals surface area contributed by atoms with Gasteiger partial charge in [-0.25, -0.2) is 13.2 Å². The van der Waals surface area contributed by atoms with Gasteiger partial charge in [0.25, 0.3) is 0 Å². The van der Waals surface area contributed by atoms with Gasteiger partial charge in [-0.05, 0) is 25.0 Å². The fraction of sp³-hybridized carbons (Fsp3) is 0.400. The maximum atomic E-state index is 12.1. The molecule has 0 heterocycles. The highest BCUT2D eigenvalue weighted by molar-refractivity contribution is 7.92. The molecule has 0 aromatic heterocycles. The monoisotopic (exact) mass is 325 g/mol. The van der Waals surface area contributed by atoms with Crippen molar-refractivity contribution in [3.63, 3.8) is 0 Å². The number of para-hydroxylation sites is 2. The standard InChI is InChI=1S/C15H23N3O3S/c1-5-9-12(6-2)16-15(19)17-13-10-7-8-11-14(13)18(3)22(4,20)21/h5,7-8,10-12H,1,6,9H2,2-4H3,(H2,16,17,19)/t12-/m0/s1. The summed E-state index contributed by atoms with van der Waals surface area (Å²) in [5.41, 5.74) is 0.846. The molecule has 1 rings (SSSR count). The second-order valence-corrected chi connectivity index (χ2v) is 6.99. The zero-order valence-electron chi connectivity index (χ0n) is 13.2. The molecule has 0 spiro atoms. The van der Waals surface area contributed by atoms with Gasteiger partial charge < -0.3 is 10.6 Å². The van der Waals surface area contributed by atoms with Gasteiger partial charge in [0.2, 0.25) is 10.0 Å². The van der Waals surface area contributed by atoms with Gasteiger partial charge in [-0.15, -0.1) is 6.58 Å². The highest BCUT2D eigenvalue weighted by Crippen LogP contribution is 2.26. The second kappa shape index (κ2) is 7.84. The Kier molecular flexibility index (Phi) is 6.42. The lowest BCUT2D eigenvalue weighted by atomic mass is 10.1. The maximum Gasteiger partial charge on any atom is 0.319 e. The number of rotatable bonds is 7. The fourth-order valence-corrected chi connectivity index (χ4v) is 2.42. The minimum atomic E-state index is -3.40. The van der Waals surface area contributed by atoms with E-state index in [1.807, 2.05) is 6.92 Å². The van der Waals surface area contributed by atoms with Crippen molar-refractivity contribution in [3.8, 4) is 0 Å². The van der Waals surface area contributed by atoms with Gasteiger partial charge >= 0.3 is 6.03 Å². The summed E-state index contributed by atoms with van der Waals surface area (Å²) in [4.78, 5) is 12.1. The number of hydrogen-bond donors (Lipinski definition) is 2. The molecule has 6 nitrogen and oxygen atoms in total. The quantitative estimate of drug-likeness (QED) is 0.756. The molecule has 7 heteroatoms. The number of nitrogens with zero attached hydrogens (tertiary/aromatic N) is 1. The first-order valence-corrected chi connectivity index (χ1v) is 8.85. The molecule has 1 atom stereocenters. The number of carbonyl (C=O) groups excluding carboxylic acids is 1. The Hall–Kier alpha value is -2.02. The Labute approximate surface area is 132 Å². The molecule has 0 bridgehead atoms. The van der Waals surface area contributed by atoms with Crippen LogP contribution < -0.4 is 14.9 Å². The minimum absolute atomic E-state index is 0.00250. The molecule has 0 saturated heterocycles. The van der Waals surface area contributed by atoms with Gasteiger partial charge in [0.05, 0.1) is 17.6 Å². The number of amides is 2. The van der Waals surface area contributed by atoms with Gasteiger partial charge in [0, 0.05) is 13.1 Å². The zero-order chi connectivity index (χ0) is 16.8. The predicted octanol–water partition coefficient (Wildman–Crippen LogP) is 2.56. The third kappa shape index (κ3) is 5.07. The lowest BCUT2D eigenvalue weighted by Gasteiger charge is -2.21. The van der Waals surface area contributed by atoms with E-state index < -0.39 is 10.0 Å². The molecule has 2 amide bonds. The van der Waals surface area contributed by atoms with E-state index in [9.17, 15) is 13.2 Å². The van der Waals surface area contributed by atoms with Crippen molar-refractivity contribution in [1.82, 2.24) is 5.32 Å². The second-order valence-electron chi connectivity index (χ2n) is 4.98. The topological polar surface area (TPSA) is 78.5 Å². The van der Waals surface area contributed by atoms with E-state index in [0.717, 1.165) is 17.0 Å². The van der Waals surface area contributed by atoms with Crippen LogP contribution in [0.2, 0.25) is 0 Å². The normalized spacial score (nSPS) is 12.3. The van der Waals surface area contributed by atoms with Gasteiger partial charge in [0.15, 0.2) is 0 Å². The molecule has 22 heavy (non-hydrogen) atoms. The van der Waals surface area contributed by atoms with Crippen molar-refractivity contribution >= 4 is 27.4 Å². The van der Waals surface area contributed by atoms with Crippen LogP contribution in [0.1, 0.15) is 19.8 Å². The summed E-state index contributed by atoms with van der Waals surface area (Å²) in [6, 6.07) is 6.37. The molecule has 0 unspecified atom stereocenters. The Morgan fingerprint density at radius 1 is 1.41 bits per heavy atom. The van der Waals surface area contributed by atoms with Crippen molar-refractivity contribution in [2.24, 2.45) is 0 Å². The third-order valence-electron chi connectivity index (χ3n) is 3.27. The van der Waals surface area contributed by atoms with Gasteiger partial charge in [0.1, 0.15) is 0 Å². The largest absolute Gasteiger partial charge is 0.335 e. The summed E-state index contributed by atoms with van der Waals surface area (Å²) in [6.45, 7) is 5.63. The van der Waals surface area contributed by atoms with E-state index in [0.29, 0.717) is 17.8 Å². The van der Waals surface area contributed by atoms with Crippen molar-refractivity contribution in [3.05, 3.63) is 36.9 Å². The Bertz CT molecular complexity index is 629. The molecule has 122 valence electrons. The molecular weight excluding hydrogens is 302 g/mol. The lowest BCUT2D eigenvalue weighted by Crippen LogP contribution is -2.37. The summed E-state index contributed by atoms with van der Waals surface area (Å²) in [7, 11) is -1.96. The highest BCUT2D eigenvalue weighted by atomic mass is 32.2. The average molecular weight is 325 g/mol. The molecule has 0 aliphatic rings. The summed E-state index contributed by atoms with van der Waals surface area (Å²) in [5.74, 6) is 0. The summed E-state index contributed by atoms with van der Waals surface area (Å²) in [6.07, 6.45) is 4.32. The maximum absolute atomic E-state index is 12.1. The van der Waals surface area contributed by atoms with Crippen LogP contribution in [-0.4, -0.2) is 33.8 Å². The van der Waals surface area contributed by atoms with Gasteiger partial charge in [-0.1, -0.05) is 25.1 Å². The summed E-state index contributed by atoms with van der Waals surface area (Å²) < 4.78 is 24.5. The molecule has 0 fully saturated rings. The van der Waals surface area contributed by atoms with Gasteiger partial charge in [-0.3, -0.25) is 4.31 Å².